The Morgan fingerprint density at radius 3 is 2.90 bits per heavy atom. The van der Waals surface area contributed by atoms with Crippen molar-refractivity contribution < 1.29 is 9.90 Å². The maximum atomic E-state index is 12.3. The average molecular weight is 273 g/mol. The van der Waals surface area contributed by atoms with E-state index in [-0.39, 0.29) is 11.7 Å². The van der Waals surface area contributed by atoms with Gasteiger partial charge in [0.25, 0.3) is 5.91 Å². The molecule has 0 aliphatic carbocycles. The van der Waals surface area contributed by atoms with Crippen LogP contribution in [0.15, 0.2) is 36.7 Å². The van der Waals surface area contributed by atoms with Crippen molar-refractivity contribution in [2.45, 2.75) is 19.9 Å². The highest BCUT2D eigenvalue weighted by atomic mass is 16.3. The Labute approximate surface area is 118 Å². The molecule has 2 aromatic rings. The van der Waals surface area contributed by atoms with Crippen molar-refractivity contribution >= 4 is 5.91 Å². The number of aryl methyl sites for hydroxylation is 1. The van der Waals surface area contributed by atoms with Gasteiger partial charge in [-0.2, -0.15) is 5.10 Å². The van der Waals surface area contributed by atoms with Crippen molar-refractivity contribution in [2.24, 2.45) is 0 Å². The first-order valence-electron chi connectivity index (χ1n) is 6.66. The number of hydrogen-bond acceptors (Lipinski definition) is 3. The number of nitrogens with zero attached hydrogens (tertiary/aromatic N) is 3. The zero-order chi connectivity index (χ0) is 14.5. The first kappa shape index (κ1) is 14.1. The largest absolute Gasteiger partial charge is 0.508 e. The molecule has 0 radical (unpaired) electrons. The standard InChI is InChI=1S/C15H19N3O2/c1-3-12-11-13(5-6-14(12)19)15(20)17(2)9-10-18-8-4-7-16-18/h4-8,11,19H,3,9-10H2,1-2H3. The molecular formula is C15H19N3O2. The highest BCUT2D eigenvalue weighted by Crippen LogP contribution is 2.19. The third-order valence-corrected chi connectivity index (χ3v) is 3.28. The monoisotopic (exact) mass is 273 g/mol. The molecule has 0 aliphatic heterocycles. The number of likely N-dealkylation sites (N-methyl/N-ethyl adjacent to an activating group) is 1. The number of carbonyl (C=O) groups is 1. The van der Waals surface area contributed by atoms with E-state index < -0.39 is 0 Å². The SMILES string of the molecule is CCc1cc(C(=O)N(C)CCn2cccn2)ccc1O. The van der Waals surface area contributed by atoms with Crippen LogP contribution in [0, 0.1) is 0 Å². The van der Waals surface area contributed by atoms with Crippen LogP contribution in [0.2, 0.25) is 0 Å². The number of phenols is 1. The topological polar surface area (TPSA) is 58.4 Å². The lowest BCUT2D eigenvalue weighted by molar-refractivity contribution is 0.0789. The summed E-state index contributed by atoms with van der Waals surface area (Å²) in [6, 6.07) is 6.84. The van der Waals surface area contributed by atoms with E-state index in [1.54, 1.807) is 41.0 Å². The molecule has 0 saturated heterocycles. The maximum absolute atomic E-state index is 12.3. The summed E-state index contributed by atoms with van der Waals surface area (Å²) < 4.78 is 1.79. The van der Waals surface area contributed by atoms with Crippen molar-refractivity contribution in [3.8, 4) is 5.75 Å². The fourth-order valence-corrected chi connectivity index (χ4v) is 2.01. The van der Waals surface area contributed by atoms with E-state index in [0.29, 0.717) is 25.1 Å². The van der Waals surface area contributed by atoms with Crippen LogP contribution in [0.4, 0.5) is 0 Å². The molecular weight excluding hydrogens is 254 g/mol. The molecule has 0 spiro atoms. The summed E-state index contributed by atoms with van der Waals surface area (Å²) in [4.78, 5) is 14.0. The van der Waals surface area contributed by atoms with Crippen LogP contribution in [-0.2, 0) is 13.0 Å². The molecule has 0 fully saturated rings. The molecule has 5 heteroatoms. The number of aromatic hydroxyl groups is 1. The Bertz CT molecular complexity index is 579. The highest BCUT2D eigenvalue weighted by Gasteiger charge is 2.13. The lowest BCUT2D eigenvalue weighted by Crippen LogP contribution is -2.30. The zero-order valence-corrected chi connectivity index (χ0v) is 11.8. The van der Waals surface area contributed by atoms with Gasteiger partial charge in [-0.1, -0.05) is 6.92 Å². The molecule has 1 heterocycles. The lowest BCUT2D eigenvalue weighted by atomic mass is 10.1. The van der Waals surface area contributed by atoms with Gasteiger partial charge < -0.3 is 10.0 Å². The molecule has 0 unspecified atom stereocenters. The summed E-state index contributed by atoms with van der Waals surface area (Å²) in [5.74, 6) is 0.190. The fraction of sp³-hybridized carbons (Fsp3) is 0.333. The molecule has 1 amide bonds. The van der Waals surface area contributed by atoms with Gasteiger partial charge in [0.15, 0.2) is 0 Å². The quantitative estimate of drug-likeness (QED) is 0.905. The van der Waals surface area contributed by atoms with E-state index in [9.17, 15) is 9.90 Å². The second kappa shape index (κ2) is 6.23. The molecule has 20 heavy (non-hydrogen) atoms. The summed E-state index contributed by atoms with van der Waals surface area (Å²) >= 11 is 0. The number of phenolic OH excluding ortho intramolecular Hbond substituents is 1. The van der Waals surface area contributed by atoms with E-state index in [1.165, 1.54) is 0 Å². The van der Waals surface area contributed by atoms with Crippen LogP contribution in [0.1, 0.15) is 22.8 Å². The Morgan fingerprint density at radius 2 is 2.25 bits per heavy atom. The van der Waals surface area contributed by atoms with E-state index in [4.69, 9.17) is 0 Å². The predicted octanol–water partition coefficient (Wildman–Crippen LogP) is 1.92. The minimum atomic E-state index is -0.0492. The molecule has 1 N–H and O–H groups in total. The molecule has 106 valence electrons. The van der Waals surface area contributed by atoms with E-state index >= 15 is 0 Å². The average Bonchev–Trinajstić information content (AvgIpc) is 2.97. The van der Waals surface area contributed by atoms with E-state index in [2.05, 4.69) is 5.10 Å². The number of carbonyl (C=O) groups excluding carboxylic acids is 1. The Kier molecular flexibility index (Phi) is 4.40. The normalized spacial score (nSPS) is 10.5. The first-order chi connectivity index (χ1) is 9.61. The van der Waals surface area contributed by atoms with Gasteiger partial charge >= 0.3 is 0 Å². The van der Waals surface area contributed by atoms with Crippen molar-refractivity contribution in [3.63, 3.8) is 0 Å². The van der Waals surface area contributed by atoms with Crippen LogP contribution in [0.25, 0.3) is 0 Å². The molecule has 0 saturated carbocycles. The van der Waals surface area contributed by atoms with Gasteiger partial charge in [-0.15, -0.1) is 0 Å². The van der Waals surface area contributed by atoms with Gasteiger partial charge in [-0.25, -0.2) is 0 Å². The van der Waals surface area contributed by atoms with E-state index in [0.717, 1.165) is 5.56 Å². The maximum Gasteiger partial charge on any atom is 0.253 e. The number of hydrogen-bond donors (Lipinski definition) is 1. The first-order valence-corrected chi connectivity index (χ1v) is 6.66. The predicted molar refractivity (Wildman–Crippen MR) is 76.7 cm³/mol. The van der Waals surface area contributed by atoms with Gasteiger partial charge in [0.2, 0.25) is 0 Å². The van der Waals surface area contributed by atoms with Crippen LogP contribution >= 0.6 is 0 Å². The smallest absolute Gasteiger partial charge is 0.253 e. The molecule has 0 bridgehead atoms. The summed E-state index contributed by atoms with van der Waals surface area (Å²) in [6.07, 6.45) is 4.29. The van der Waals surface area contributed by atoms with Crippen LogP contribution in [-0.4, -0.2) is 39.3 Å². The Balaban J connectivity index is 2.02. The number of amides is 1. The third kappa shape index (κ3) is 3.17. The molecule has 2 rings (SSSR count). The number of aromatic nitrogens is 2. The van der Waals surface area contributed by atoms with E-state index in [1.807, 2.05) is 19.2 Å². The van der Waals surface area contributed by atoms with Crippen molar-refractivity contribution in [1.82, 2.24) is 14.7 Å². The minimum absolute atomic E-state index is 0.0492. The molecule has 0 atom stereocenters. The molecule has 5 nitrogen and oxygen atoms in total. The number of benzene rings is 1. The van der Waals surface area contributed by atoms with Crippen LogP contribution in [0.5, 0.6) is 5.75 Å². The lowest BCUT2D eigenvalue weighted by Gasteiger charge is -2.17. The molecule has 0 aliphatic rings. The molecule has 1 aromatic heterocycles. The zero-order valence-electron chi connectivity index (χ0n) is 11.8. The van der Waals surface area contributed by atoms with Crippen molar-refractivity contribution in [1.29, 1.82) is 0 Å². The fourth-order valence-electron chi connectivity index (χ4n) is 2.01. The van der Waals surface area contributed by atoms with Gasteiger partial charge in [-0.05, 0) is 36.2 Å². The van der Waals surface area contributed by atoms with Crippen LogP contribution in [0.3, 0.4) is 0 Å². The Hall–Kier alpha value is -2.30. The van der Waals surface area contributed by atoms with Gasteiger partial charge in [-0.3, -0.25) is 9.48 Å². The summed E-state index contributed by atoms with van der Waals surface area (Å²) in [5.41, 5.74) is 1.39. The summed E-state index contributed by atoms with van der Waals surface area (Å²) in [7, 11) is 1.77. The summed E-state index contributed by atoms with van der Waals surface area (Å²) in [6.45, 7) is 3.20. The van der Waals surface area contributed by atoms with Gasteiger partial charge in [0, 0.05) is 31.5 Å². The summed E-state index contributed by atoms with van der Waals surface area (Å²) in [5, 5.41) is 13.8. The van der Waals surface area contributed by atoms with Gasteiger partial charge in [0.1, 0.15) is 5.75 Å². The van der Waals surface area contributed by atoms with Crippen molar-refractivity contribution in [3.05, 3.63) is 47.8 Å². The van der Waals surface area contributed by atoms with Crippen LogP contribution < -0.4 is 0 Å². The number of rotatable bonds is 5. The molecule has 1 aromatic carbocycles. The van der Waals surface area contributed by atoms with Crippen molar-refractivity contribution in [2.75, 3.05) is 13.6 Å². The second-order valence-electron chi connectivity index (χ2n) is 4.69. The Morgan fingerprint density at radius 1 is 1.45 bits per heavy atom. The second-order valence-corrected chi connectivity index (χ2v) is 4.69. The minimum Gasteiger partial charge on any atom is -0.508 e. The highest BCUT2D eigenvalue weighted by molar-refractivity contribution is 5.94. The third-order valence-electron chi connectivity index (χ3n) is 3.28. The van der Waals surface area contributed by atoms with Gasteiger partial charge in [0.05, 0.1) is 6.54 Å².